The van der Waals surface area contributed by atoms with Gasteiger partial charge in [-0.15, -0.1) is 0 Å². The van der Waals surface area contributed by atoms with E-state index in [4.69, 9.17) is 10.00 Å². The second-order valence-corrected chi connectivity index (χ2v) is 5.40. The lowest BCUT2D eigenvalue weighted by Gasteiger charge is -2.23. The molecule has 102 valence electrons. The first kappa shape index (κ1) is 15.0. The van der Waals surface area contributed by atoms with Crippen molar-refractivity contribution in [3.8, 4) is 11.8 Å². The molecule has 0 unspecified atom stereocenters. The summed E-state index contributed by atoms with van der Waals surface area (Å²) in [6.45, 7) is 6.85. The Bertz CT molecular complexity index is 496. The van der Waals surface area contributed by atoms with Gasteiger partial charge in [0.05, 0.1) is 7.11 Å². The van der Waals surface area contributed by atoms with E-state index in [0.29, 0.717) is 13.0 Å². The Morgan fingerprint density at radius 2 is 2.11 bits per heavy atom. The van der Waals surface area contributed by atoms with Crippen LogP contribution < -0.4 is 10.1 Å². The van der Waals surface area contributed by atoms with Gasteiger partial charge in [0.2, 0.25) is 0 Å². The van der Waals surface area contributed by atoms with Gasteiger partial charge >= 0.3 is 5.91 Å². The Morgan fingerprint density at radius 3 is 2.63 bits per heavy atom. The molecule has 0 aromatic heterocycles. The van der Waals surface area contributed by atoms with Crippen LogP contribution in [0.4, 0.5) is 0 Å². The molecule has 0 bridgehead atoms. The summed E-state index contributed by atoms with van der Waals surface area (Å²) in [5.41, 5.74) is 2.25. The summed E-state index contributed by atoms with van der Waals surface area (Å²) in [5, 5.41) is 10.9. The Labute approximate surface area is 114 Å². The van der Waals surface area contributed by atoms with Crippen LogP contribution >= 0.6 is 0 Å². The number of rotatable bonds is 4. The van der Waals surface area contributed by atoms with E-state index >= 15 is 0 Å². The monoisotopic (exact) mass is 260 g/mol. The minimum absolute atomic E-state index is 0.00272. The van der Waals surface area contributed by atoms with Crippen molar-refractivity contribution < 1.29 is 9.53 Å². The highest BCUT2D eigenvalue weighted by Gasteiger charge is 2.19. The summed E-state index contributed by atoms with van der Waals surface area (Å²) in [5.74, 6) is 0.280. The van der Waals surface area contributed by atoms with Gasteiger partial charge in [-0.3, -0.25) is 4.79 Å². The largest absolute Gasteiger partial charge is 0.496 e. The molecule has 1 aromatic rings. The van der Waals surface area contributed by atoms with Gasteiger partial charge in [-0.05, 0) is 29.0 Å². The minimum atomic E-state index is -0.593. The number of methoxy groups -OCH3 is 1. The molecule has 0 aliphatic carbocycles. The first-order valence-corrected chi connectivity index (χ1v) is 6.24. The Balaban J connectivity index is 2.82. The molecule has 19 heavy (non-hydrogen) atoms. The number of carbonyl (C=O) groups is 1. The zero-order chi connectivity index (χ0) is 14.5. The maximum atomic E-state index is 10.8. The van der Waals surface area contributed by atoms with Crippen LogP contribution in [-0.4, -0.2) is 19.6 Å². The van der Waals surface area contributed by atoms with E-state index in [1.54, 1.807) is 7.11 Å². The second-order valence-electron chi connectivity index (χ2n) is 5.40. The number of amides is 1. The minimum Gasteiger partial charge on any atom is -0.496 e. The normalized spacial score (nSPS) is 10.7. The average molecular weight is 260 g/mol. The maximum absolute atomic E-state index is 10.8. The van der Waals surface area contributed by atoms with Crippen LogP contribution in [0.2, 0.25) is 0 Å². The third-order valence-electron chi connectivity index (χ3n) is 2.87. The lowest BCUT2D eigenvalue weighted by molar-refractivity contribution is -0.115. The number of nitrogens with one attached hydrogen (secondary N) is 1. The number of benzene rings is 1. The molecule has 0 spiro atoms. The number of nitrogens with zero attached hydrogens (tertiary/aromatic N) is 1. The molecule has 1 rings (SSSR count). The van der Waals surface area contributed by atoms with Crippen molar-refractivity contribution in [2.75, 3.05) is 13.7 Å². The van der Waals surface area contributed by atoms with Crippen LogP contribution in [0.25, 0.3) is 0 Å². The van der Waals surface area contributed by atoms with Crippen molar-refractivity contribution >= 4 is 5.91 Å². The van der Waals surface area contributed by atoms with Crippen molar-refractivity contribution in [3.05, 3.63) is 29.3 Å². The Morgan fingerprint density at radius 1 is 1.42 bits per heavy atom. The third kappa shape index (κ3) is 4.29. The van der Waals surface area contributed by atoms with Gasteiger partial charge < -0.3 is 10.1 Å². The van der Waals surface area contributed by atoms with Crippen LogP contribution in [0.5, 0.6) is 5.75 Å². The van der Waals surface area contributed by atoms with Gasteiger partial charge in [0.15, 0.2) is 6.07 Å². The molecular formula is C15H20N2O2. The van der Waals surface area contributed by atoms with Gasteiger partial charge in [0.1, 0.15) is 5.75 Å². The SMILES string of the molecule is COc1ccc(CCNC(=O)C#N)cc1C(C)(C)C. The molecule has 0 saturated heterocycles. The summed E-state index contributed by atoms with van der Waals surface area (Å²) in [4.78, 5) is 10.8. The summed E-state index contributed by atoms with van der Waals surface area (Å²) in [6.07, 6.45) is 0.695. The Kier molecular flexibility index (Phi) is 4.94. The van der Waals surface area contributed by atoms with Crippen LogP contribution in [0.1, 0.15) is 31.9 Å². The highest BCUT2D eigenvalue weighted by molar-refractivity contribution is 5.91. The number of carbonyl (C=O) groups excluding carboxylic acids is 1. The predicted octanol–water partition coefficient (Wildman–Crippen LogP) is 2.17. The van der Waals surface area contributed by atoms with Crippen molar-refractivity contribution in [1.82, 2.24) is 5.32 Å². The van der Waals surface area contributed by atoms with Crippen molar-refractivity contribution in [3.63, 3.8) is 0 Å². The molecule has 1 amide bonds. The second kappa shape index (κ2) is 6.24. The molecule has 4 nitrogen and oxygen atoms in total. The lowest BCUT2D eigenvalue weighted by Crippen LogP contribution is -2.24. The Hall–Kier alpha value is -2.02. The van der Waals surface area contributed by atoms with Crippen molar-refractivity contribution in [2.24, 2.45) is 0 Å². The quantitative estimate of drug-likeness (QED) is 0.844. The van der Waals surface area contributed by atoms with Gasteiger partial charge in [0.25, 0.3) is 0 Å². The topological polar surface area (TPSA) is 62.1 Å². The third-order valence-corrected chi connectivity index (χ3v) is 2.87. The molecule has 1 aromatic carbocycles. The number of ether oxygens (including phenoxy) is 1. The maximum Gasteiger partial charge on any atom is 0.322 e. The number of hydrogen-bond donors (Lipinski definition) is 1. The van der Waals surface area contributed by atoms with E-state index in [1.165, 1.54) is 6.07 Å². The molecule has 0 heterocycles. The van der Waals surface area contributed by atoms with Crippen LogP contribution in [0.15, 0.2) is 18.2 Å². The van der Waals surface area contributed by atoms with Crippen LogP contribution in [-0.2, 0) is 16.6 Å². The molecule has 0 fully saturated rings. The summed E-state index contributed by atoms with van der Waals surface area (Å²) in [6, 6.07) is 7.55. The van der Waals surface area contributed by atoms with Crippen molar-refractivity contribution in [1.29, 1.82) is 5.26 Å². The summed E-state index contributed by atoms with van der Waals surface area (Å²) < 4.78 is 5.37. The highest BCUT2D eigenvalue weighted by Crippen LogP contribution is 2.31. The summed E-state index contributed by atoms with van der Waals surface area (Å²) >= 11 is 0. The van der Waals surface area contributed by atoms with Crippen molar-refractivity contribution in [2.45, 2.75) is 32.6 Å². The van der Waals surface area contributed by atoms with E-state index < -0.39 is 5.91 Å². The predicted molar refractivity (Wildman–Crippen MR) is 74.0 cm³/mol. The molecule has 1 N–H and O–H groups in total. The molecule has 0 saturated carbocycles. The fourth-order valence-electron chi connectivity index (χ4n) is 1.86. The molecule has 0 atom stereocenters. The fourth-order valence-corrected chi connectivity index (χ4v) is 1.86. The van der Waals surface area contributed by atoms with Crippen LogP contribution in [0, 0.1) is 11.3 Å². The molecular weight excluding hydrogens is 240 g/mol. The smallest absolute Gasteiger partial charge is 0.322 e. The van der Waals surface area contributed by atoms with Gasteiger partial charge in [-0.2, -0.15) is 5.26 Å². The highest BCUT2D eigenvalue weighted by atomic mass is 16.5. The van der Waals surface area contributed by atoms with E-state index in [2.05, 4.69) is 32.2 Å². The number of nitriles is 1. The van der Waals surface area contributed by atoms with E-state index in [0.717, 1.165) is 16.9 Å². The molecule has 0 aliphatic heterocycles. The zero-order valence-electron chi connectivity index (χ0n) is 11.9. The van der Waals surface area contributed by atoms with Gasteiger partial charge in [0, 0.05) is 6.54 Å². The first-order valence-electron chi connectivity index (χ1n) is 6.24. The lowest BCUT2D eigenvalue weighted by atomic mass is 9.85. The van der Waals surface area contributed by atoms with E-state index in [9.17, 15) is 4.79 Å². The van der Waals surface area contributed by atoms with Gasteiger partial charge in [-0.1, -0.05) is 32.9 Å². The molecule has 0 aliphatic rings. The number of hydrogen-bond acceptors (Lipinski definition) is 3. The standard InChI is InChI=1S/C15H20N2O2/c1-15(2,3)12-9-11(5-6-13(12)19-4)7-8-17-14(18)10-16/h5-6,9H,7-8H2,1-4H3,(H,17,18). The van der Waals surface area contributed by atoms with E-state index in [-0.39, 0.29) is 5.41 Å². The zero-order valence-corrected chi connectivity index (χ0v) is 11.9. The van der Waals surface area contributed by atoms with Crippen LogP contribution in [0.3, 0.4) is 0 Å². The van der Waals surface area contributed by atoms with Gasteiger partial charge in [-0.25, -0.2) is 0 Å². The van der Waals surface area contributed by atoms with E-state index in [1.807, 2.05) is 12.1 Å². The first-order chi connectivity index (χ1) is 8.88. The summed E-state index contributed by atoms with van der Waals surface area (Å²) in [7, 11) is 1.66. The average Bonchev–Trinajstić information content (AvgIpc) is 2.37. The fraction of sp³-hybridized carbons (Fsp3) is 0.467. The molecule has 0 radical (unpaired) electrons. The molecule has 4 heteroatoms.